The number of hydrogen-bond acceptors (Lipinski definition) is 3. The lowest BCUT2D eigenvalue weighted by Gasteiger charge is -2.07. The van der Waals surface area contributed by atoms with Gasteiger partial charge in [0.15, 0.2) is 0 Å². The number of hydrogen-bond donors (Lipinski definition) is 0. The number of pyridine rings is 2. The molecule has 4 aromatic rings. The number of imidazole rings is 1. The predicted molar refractivity (Wildman–Crippen MR) is 80.6 cm³/mol. The van der Waals surface area contributed by atoms with Gasteiger partial charge < -0.3 is 4.40 Å². The summed E-state index contributed by atoms with van der Waals surface area (Å²) in [6.45, 7) is 0. The third-order valence-electron chi connectivity index (χ3n) is 3.53. The molecule has 0 N–H and O–H groups in total. The first-order valence-corrected chi connectivity index (χ1v) is 6.66. The summed E-state index contributed by atoms with van der Waals surface area (Å²) in [6, 6.07) is 6.16. The quantitative estimate of drug-likeness (QED) is 0.565. The maximum absolute atomic E-state index is 4.25. The summed E-state index contributed by atoms with van der Waals surface area (Å²) in [4.78, 5) is 8.46. The van der Waals surface area contributed by atoms with E-state index in [-0.39, 0.29) is 0 Å². The molecule has 5 nitrogen and oxygen atoms in total. The molecular formula is C16H13N5. The third-order valence-corrected chi connectivity index (χ3v) is 3.53. The SMILES string of the molecule is Cn1cc(-c2cc(-c3cccnc3)c3cncn3c2)cn1. The number of aromatic nitrogens is 5. The maximum Gasteiger partial charge on any atom is 0.0992 e. The van der Waals surface area contributed by atoms with E-state index < -0.39 is 0 Å². The molecule has 102 valence electrons. The van der Waals surface area contributed by atoms with E-state index in [4.69, 9.17) is 0 Å². The molecule has 0 saturated carbocycles. The lowest BCUT2D eigenvalue weighted by molar-refractivity contribution is 0.768. The van der Waals surface area contributed by atoms with Crippen LogP contribution in [0.1, 0.15) is 0 Å². The van der Waals surface area contributed by atoms with Crippen molar-refractivity contribution in [3.05, 3.63) is 61.7 Å². The van der Waals surface area contributed by atoms with Gasteiger partial charge in [0, 0.05) is 54.1 Å². The highest BCUT2D eigenvalue weighted by Crippen LogP contribution is 2.29. The molecule has 0 radical (unpaired) electrons. The summed E-state index contributed by atoms with van der Waals surface area (Å²) in [7, 11) is 1.92. The van der Waals surface area contributed by atoms with E-state index in [1.807, 2.05) is 48.6 Å². The Kier molecular flexibility index (Phi) is 2.57. The lowest BCUT2D eigenvalue weighted by atomic mass is 10.0. The number of aryl methyl sites for hydroxylation is 1. The minimum absolute atomic E-state index is 1.07. The van der Waals surface area contributed by atoms with Gasteiger partial charge in [0.25, 0.3) is 0 Å². The van der Waals surface area contributed by atoms with Gasteiger partial charge in [-0.1, -0.05) is 6.07 Å². The molecule has 0 aromatic carbocycles. The van der Waals surface area contributed by atoms with E-state index in [0.29, 0.717) is 0 Å². The van der Waals surface area contributed by atoms with Gasteiger partial charge >= 0.3 is 0 Å². The fraction of sp³-hybridized carbons (Fsp3) is 0.0625. The van der Waals surface area contributed by atoms with Gasteiger partial charge in [0.1, 0.15) is 0 Å². The van der Waals surface area contributed by atoms with Gasteiger partial charge in [0.2, 0.25) is 0 Å². The Balaban J connectivity index is 1.99. The van der Waals surface area contributed by atoms with Crippen LogP contribution in [0.15, 0.2) is 61.7 Å². The Labute approximate surface area is 121 Å². The minimum Gasteiger partial charge on any atom is -0.305 e. The minimum atomic E-state index is 1.07. The van der Waals surface area contributed by atoms with Crippen LogP contribution >= 0.6 is 0 Å². The first-order valence-electron chi connectivity index (χ1n) is 6.66. The molecule has 0 fully saturated rings. The molecule has 0 unspecified atom stereocenters. The highest BCUT2D eigenvalue weighted by Gasteiger charge is 2.09. The fourth-order valence-corrected chi connectivity index (χ4v) is 2.51. The second kappa shape index (κ2) is 4.56. The molecule has 0 aliphatic rings. The molecular weight excluding hydrogens is 262 g/mol. The molecule has 4 aromatic heterocycles. The second-order valence-corrected chi connectivity index (χ2v) is 4.97. The number of fused-ring (bicyclic) bond motifs is 1. The molecule has 0 saturated heterocycles. The zero-order valence-electron chi connectivity index (χ0n) is 11.5. The smallest absolute Gasteiger partial charge is 0.0992 e. The summed E-state index contributed by atoms with van der Waals surface area (Å²) in [5.74, 6) is 0. The van der Waals surface area contributed by atoms with Gasteiger partial charge in [-0.2, -0.15) is 5.10 Å². The van der Waals surface area contributed by atoms with Gasteiger partial charge in [-0.15, -0.1) is 0 Å². The Hall–Kier alpha value is -2.95. The highest BCUT2D eigenvalue weighted by molar-refractivity contribution is 5.83. The van der Waals surface area contributed by atoms with Crippen molar-refractivity contribution in [3.63, 3.8) is 0 Å². The molecule has 0 spiro atoms. The summed E-state index contributed by atoms with van der Waals surface area (Å²) in [5.41, 5.74) is 5.44. The second-order valence-electron chi connectivity index (χ2n) is 4.97. The average Bonchev–Trinajstić information content (AvgIpc) is 3.15. The molecule has 5 heteroatoms. The van der Waals surface area contributed by atoms with Gasteiger partial charge in [0.05, 0.1) is 24.2 Å². The van der Waals surface area contributed by atoms with E-state index in [0.717, 1.165) is 27.8 Å². The van der Waals surface area contributed by atoms with Crippen LogP contribution in [-0.4, -0.2) is 24.1 Å². The molecule has 4 heterocycles. The van der Waals surface area contributed by atoms with Crippen molar-refractivity contribution in [1.82, 2.24) is 24.1 Å². The molecule has 21 heavy (non-hydrogen) atoms. The van der Waals surface area contributed by atoms with Crippen molar-refractivity contribution in [2.75, 3.05) is 0 Å². The Morgan fingerprint density at radius 3 is 2.67 bits per heavy atom. The standard InChI is InChI=1S/C16H13N5/c1-20-9-14(7-19-20)13-5-15(12-3-2-4-17-6-12)16-8-18-11-21(16)10-13/h2-11H,1H3. The molecule has 0 atom stereocenters. The van der Waals surface area contributed by atoms with E-state index in [1.165, 1.54) is 0 Å². The van der Waals surface area contributed by atoms with Crippen molar-refractivity contribution in [3.8, 4) is 22.3 Å². The van der Waals surface area contributed by atoms with Gasteiger partial charge in [-0.05, 0) is 12.1 Å². The zero-order valence-corrected chi connectivity index (χ0v) is 11.5. The highest BCUT2D eigenvalue weighted by atomic mass is 15.2. The average molecular weight is 275 g/mol. The molecule has 0 bridgehead atoms. The Morgan fingerprint density at radius 1 is 0.952 bits per heavy atom. The number of rotatable bonds is 2. The van der Waals surface area contributed by atoms with Crippen LogP contribution in [-0.2, 0) is 7.05 Å². The predicted octanol–water partition coefficient (Wildman–Crippen LogP) is 2.80. The van der Waals surface area contributed by atoms with E-state index >= 15 is 0 Å². The van der Waals surface area contributed by atoms with Crippen LogP contribution in [0.2, 0.25) is 0 Å². The largest absolute Gasteiger partial charge is 0.305 e. The topological polar surface area (TPSA) is 48.0 Å². The van der Waals surface area contributed by atoms with Crippen molar-refractivity contribution < 1.29 is 0 Å². The Bertz CT molecular complexity index is 905. The van der Waals surface area contributed by atoms with Crippen molar-refractivity contribution in [2.45, 2.75) is 0 Å². The van der Waals surface area contributed by atoms with E-state index in [2.05, 4.69) is 33.4 Å². The normalized spacial score (nSPS) is 11.1. The fourth-order valence-electron chi connectivity index (χ4n) is 2.51. The lowest BCUT2D eigenvalue weighted by Crippen LogP contribution is -1.90. The van der Waals surface area contributed by atoms with Crippen molar-refractivity contribution in [2.24, 2.45) is 7.05 Å². The first-order chi connectivity index (χ1) is 10.3. The first kappa shape index (κ1) is 11.8. The van der Waals surface area contributed by atoms with Crippen molar-refractivity contribution in [1.29, 1.82) is 0 Å². The van der Waals surface area contributed by atoms with Crippen molar-refractivity contribution >= 4 is 5.52 Å². The monoisotopic (exact) mass is 275 g/mol. The molecule has 0 amide bonds. The van der Waals surface area contributed by atoms with Gasteiger partial charge in [-0.3, -0.25) is 9.67 Å². The van der Waals surface area contributed by atoms with Gasteiger partial charge in [-0.25, -0.2) is 4.98 Å². The number of nitrogens with zero attached hydrogens (tertiary/aromatic N) is 5. The third kappa shape index (κ3) is 1.99. The zero-order chi connectivity index (χ0) is 14.2. The van der Waals surface area contributed by atoms with Crippen LogP contribution in [0.4, 0.5) is 0 Å². The Morgan fingerprint density at radius 2 is 1.90 bits per heavy atom. The molecule has 0 aliphatic heterocycles. The summed E-state index contributed by atoms with van der Waals surface area (Å²) >= 11 is 0. The maximum atomic E-state index is 4.25. The van der Waals surface area contributed by atoms with Crippen LogP contribution in [0.5, 0.6) is 0 Å². The summed E-state index contributed by atoms with van der Waals surface area (Å²) in [5, 5.41) is 4.24. The molecule has 4 rings (SSSR count). The van der Waals surface area contributed by atoms with E-state index in [1.54, 1.807) is 10.9 Å². The van der Waals surface area contributed by atoms with Crippen LogP contribution < -0.4 is 0 Å². The van der Waals surface area contributed by atoms with Crippen LogP contribution in [0, 0.1) is 0 Å². The summed E-state index contributed by atoms with van der Waals surface area (Å²) < 4.78 is 3.84. The van der Waals surface area contributed by atoms with E-state index in [9.17, 15) is 0 Å². The van der Waals surface area contributed by atoms with Crippen LogP contribution in [0.25, 0.3) is 27.8 Å². The van der Waals surface area contributed by atoms with Crippen LogP contribution in [0.3, 0.4) is 0 Å². The molecule has 0 aliphatic carbocycles. The summed E-state index contributed by atoms with van der Waals surface area (Å²) in [6.07, 6.45) is 13.3.